The molecule has 0 saturated carbocycles. The smallest absolute Gasteiger partial charge is 0.0714 e. The van der Waals surface area contributed by atoms with Crippen LogP contribution in [0.5, 0.6) is 0 Å². The maximum absolute atomic E-state index is 2.49. The second-order valence-electron chi connectivity index (χ2n) is 17.2. The molecule has 0 spiro atoms. The maximum Gasteiger partial charge on any atom is 0.0714 e. The molecule has 1 nitrogen and oxygen atoms in total. The SMILES string of the molecule is c1ccc(C2(c3ccccc3)c3ccccc3-c3ccc(N(c4ccc(-c5ccc6cc(-c7ccc8ccccc8c7)ccc6c5)cc4)c4cccc5sc6ccccc6c45)cc32)cc1. The van der Waals surface area contributed by atoms with Gasteiger partial charge in [-0.3, -0.25) is 0 Å². The Morgan fingerprint density at radius 1 is 0.323 bits per heavy atom. The first kappa shape index (κ1) is 37.5. The highest BCUT2D eigenvalue weighted by Crippen LogP contribution is 2.57. The van der Waals surface area contributed by atoms with E-state index in [1.54, 1.807) is 0 Å². The topological polar surface area (TPSA) is 3.24 Å². The molecule has 0 saturated heterocycles. The largest absolute Gasteiger partial charge is 0.310 e. The Morgan fingerprint density at radius 2 is 0.846 bits per heavy atom. The van der Waals surface area contributed by atoms with E-state index >= 15 is 0 Å². The van der Waals surface area contributed by atoms with Crippen LogP contribution in [0.3, 0.4) is 0 Å². The third-order valence-electron chi connectivity index (χ3n) is 13.7. The molecule has 13 rings (SSSR count). The van der Waals surface area contributed by atoms with Crippen molar-refractivity contribution < 1.29 is 0 Å². The summed E-state index contributed by atoms with van der Waals surface area (Å²) in [6.45, 7) is 0. The highest BCUT2D eigenvalue weighted by Gasteiger charge is 2.46. The highest BCUT2D eigenvalue weighted by molar-refractivity contribution is 7.26. The lowest BCUT2D eigenvalue weighted by molar-refractivity contribution is 0.768. The zero-order valence-corrected chi connectivity index (χ0v) is 36.3. The molecule has 1 aliphatic rings. The molecule has 0 N–H and O–H groups in total. The summed E-state index contributed by atoms with van der Waals surface area (Å²) < 4.78 is 2.57. The van der Waals surface area contributed by atoms with Crippen LogP contribution in [0.25, 0.3) is 75.1 Å². The molecule has 1 aromatic heterocycles. The van der Waals surface area contributed by atoms with Crippen LogP contribution in [-0.4, -0.2) is 0 Å². The monoisotopic (exact) mass is 843 g/mol. The molecule has 0 fully saturated rings. The van der Waals surface area contributed by atoms with Crippen molar-refractivity contribution in [3.05, 3.63) is 271 Å². The van der Waals surface area contributed by atoms with Crippen LogP contribution in [-0.2, 0) is 5.41 Å². The van der Waals surface area contributed by atoms with E-state index in [9.17, 15) is 0 Å². The third kappa shape index (κ3) is 5.99. The summed E-state index contributed by atoms with van der Waals surface area (Å²) in [6, 6.07) is 92.2. The number of thiophene rings is 1. The normalized spacial score (nSPS) is 12.7. The number of nitrogens with zero attached hydrogens (tertiary/aromatic N) is 1. The predicted octanol–water partition coefficient (Wildman–Crippen LogP) is 17.5. The second-order valence-corrected chi connectivity index (χ2v) is 18.3. The molecule has 1 heterocycles. The zero-order chi connectivity index (χ0) is 42.9. The Labute approximate surface area is 382 Å². The Hall–Kier alpha value is -8.04. The van der Waals surface area contributed by atoms with Crippen molar-refractivity contribution in [3.63, 3.8) is 0 Å². The minimum absolute atomic E-state index is 0.507. The Kier molecular flexibility index (Phi) is 8.69. The van der Waals surface area contributed by atoms with Gasteiger partial charge in [-0.05, 0) is 138 Å². The van der Waals surface area contributed by atoms with E-state index in [0.717, 1.165) is 11.4 Å². The highest BCUT2D eigenvalue weighted by atomic mass is 32.1. The van der Waals surface area contributed by atoms with Crippen molar-refractivity contribution in [2.75, 3.05) is 4.90 Å². The van der Waals surface area contributed by atoms with Gasteiger partial charge in [0.05, 0.1) is 11.1 Å². The number of rotatable bonds is 7. The molecule has 0 bridgehead atoms. The van der Waals surface area contributed by atoms with Gasteiger partial charge in [-0.2, -0.15) is 0 Å². The number of hydrogen-bond donors (Lipinski definition) is 0. The molecule has 0 unspecified atom stereocenters. The first-order valence-electron chi connectivity index (χ1n) is 22.4. The summed E-state index contributed by atoms with van der Waals surface area (Å²) in [5.74, 6) is 0. The summed E-state index contributed by atoms with van der Waals surface area (Å²) in [5, 5.41) is 7.54. The maximum atomic E-state index is 2.49. The van der Waals surface area contributed by atoms with Crippen LogP contribution in [0.15, 0.2) is 249 Å². The molecule has 11 aromatic carbocycles. The third-order valence-corrected chi connectivity index (χ3v) is 14.8. The quantitative estimate of drug-likeness (QED) is 0.154. The van der Waals surface area contributed by atoms with Crippen molar-refractivity contribution in [3.8, 4) is 33.4 Å². The van der Waals surface area contributed by atoms with Crippen molar-refractivity contribution in [1.82, 2.24) is 0 Å². The molecular weight excluding hydrogens is 803 g/mol. The van der Waals surface area contributed by atoms with Crippen molar-refractivity contribution in [2.24, 2.45) is 0 Å². The Bertz CT molecular complexity index is 3730. The number of hydrogen-bond acceptors (Lipinski definition) is 2. The minimum atomic E-state index is -0.507. The number of anilines is 3. The lowest BCUT2D eigenvalue weighted by atomic mass is 9.67. The van der Waals surface area contributed by atoms with Crippen molar-refractivity contribution in [1.29, 1.82) is 0 Å². The molecule has 0 aliphatic heterocycles. The van der Waals surface area contributed by atoms with Crippen LogP contribution in [0.1, 0.15) is 22.3 Å². The van der Waals surface area contributed by atoms with Gasteiger partial charge in [-0.25, -0.2) is 0 Å². The van der Waals surface area contributed by atoms with Crippen LogP contribution in [0.4, 0.5) is 17.1 Å². The Balaban J connectivity index is 0.961. The van der Waals surface area contributed by atoms with Gasteiger partial charge in [0.1, 0.15) is 0 Å². The van der Waals surface area contributed by atoms with Crippen molar-refractivity contribution in [2.45, 2.75) is 5.41 Å². The van der Waals surface area contributed by atoms with E-state index in [1.165, 1.54) is 103 Å². The summed E-state index contributed by atoms with van der Waals surface area (Å²) in [7, 11) is 0. The molecule has 304 valence electrons. The van der Waals surface area contributed by atoms with Crippen LogP contribution in [0, 0.1) is 0 Å². The van der Waals surface area contributed by atoms with Gasteiger partial charge in [0.2, 0.25) is 0 Å². The average Bonchev–Trinajstić information content (AvgIpc) is 3.91. The molecule has 0 radical (unpaired) electrons. The first-order chi connectivity index (χ1) is 32.2. The zero-order valence-electron chi connectivity index (χ0n) is 35.5. The van der Waals surface area contributed by atoms with Gasteiger partial charge in [0.15, 0.2) is 0 Å². The number of fused-ring (bicyclic) bond motifs is 8. The molecule has 1 aliphatic carbocycles. The van der Waals surface area contributed by atoms with Crippen molar-refractivity contribution >= 4 is 70.1 Å². The molecular formula is C63H41NS. The molecule has 65 heavy (non-hydrogen) atoms. The van der Waals surface area contributed by atoms with E-state index in [4.69, 9.17) is 0 Å². The first-order valence-corrected chi connectivity index (χ1v) is 23.2. The van der Waals surface area contributed by atoms with Crippen LogP contribution in [0.2, 0.25) is 0 Å². The summed E-state index contributed by atoms with van der Waals surface area (Å²) >= 11 is 1.86. The van der Waals surface area contributed by atoms with Gasteiger partial charge in [-0.15, -0.1) is 11.3 Å². The van der Waals surface area contributed by atoms with Crippen LogP contribution >= 0.6 is 11.3 Å². The van der Waals surface area contributed by atoms with Gasteiger partial charge in [0.25, 0.3) is 0 Å². The summed E-state index contributed by atoms with van der Waals surface area (Å²) in [5.41, 5.74) is 15.4. The van der Waals surface area contributed by atoms with E-state index in [2.05, 4.69) is 254 Å². The van der Waals surface area contributed by atoms with Gasteiger partial charge < -0.3 is 4.90 Å². The predicted molar refractivity (Wildman–Crippen MR) is 277 cm³/mol. The summed E-state index contributed by atoms with van der Waals surface area (Å²) in [6.07, 6.45) is 0. The summed E-state index contributed by atoms with van der Waals surface area (Å²) in [4.78, 5) is 2.49. The molecule has 0 amide bonds. The second kappa shape index (κ2) is 15.1. The van der Waals surface area contributed by atoms with E-state index in [-0.39, 0.29) is 0 Å². The van der Waals surface area contributed by atoms with Crippen LogP contribution < -0.4 is 4.90 Å². The fourth-order valence-electron chi connectivity index (χ4n) is 10.7. The number of benzene rings is 11. The Morgan fingerprint density at radius 3 is 1.57 bits per heavy atom. The van der Waals surface area contributed by atoms with Gasteiger partial charge >= 0.3 is 0 Å². The minimum Gasteiger partial charge on any atom is -0.310 e. The molecule has 0 atom stereocenters. The lowest BCUT2D eigenvalue weighted by Crippen LogP contribution is -2.28. The van der Waals surface area contributed by atoms with E-state index in [0.29, 0.717) is 0 Å². The van der Waals surface area contributed by atoms with Gasteiger partial charge in [0, 0.05) is 31.5 Å². The fraction of sp³-hybridized carbons (Fsp3) is 0.0159. The van der Waals surface area contributed by atoms with Gasteiger partial charge in [-0.1, -0.05) is 188 Å². The van der Waals surface area contributed by atoms with E-state index < -0.39 is 5.41 Å². The average molecular weight is 844 g/mol. The fourth-order valence-corrected chi connectivity index (χ4v) is 11.8. The lowest BCUT2D eigenvalue weighted by Gasteiger charge is -2.35. The molecule has 2 heteroatoms. The standard InChI is InChI=1S/C63H41NS/c1-3-16-50(17-4-1)63(51-18-5-2-6-19-51)57-22-11-9-20-54(57)55-37-36-53(41-58(55)63)64(59-23-13-25-61-62(59)56-21-10-12-24-60(56)65-61)52-34-32-43(33-35-52)45-28-29-48-40-49(31-30-47(48)39-45)46-27-26-42-14-7-8-15-44(42)38-46/h1-41H. The van der Waals surface area contributed by atoms with E-state index in [1.807, 2.05) is 11.3 Å². The molecule has 12 aromatic rings.